The second-order valence-corrected chi connectivity index (χ2v) is 9.02. The Hall–Kier alpha value is -2.92. The molecule has 5 rings (SSSR count). The average Bonchev–Trinajstić information content (AvgIpc) is 3.49. The molecule has 3 N–H and O–H groups in total. The molecule has 3 aromatic rings. The van der Waals surface area contributed by atoms with Crippen LogP contribution in [0.25, 0.3) is 11.3 Å². The summed E-state index contributed by atoms with van der Waals surface area (Å²) in [5, 5.41) is 4.60. The summed E-state index contributed by atoms with van der Waals surface area (Å²) < 4.78 is 48.2. The first kappa shape index (κ1) is 21.9. The number of pyridine rings is 1. The maximum atomic E-state index is 13.3. The molecular weight excluding hydrogens is 435 g/mol. The minimum Gasteiger partial charge on any atom is -0.383 e. The molecule has 33 heavy (non-hydrogen) atoms. The summed E-state index contributed by atoms with van der Waals surface area (Å²) in [7, 11) is 0. The van der Waals surface area contributed by atoms with E-state index in [1.165, 1.54) is 6.20 Å². The van der Waals surface area contributed by atoms with Crippen LogP contribution in [0.1, 0.15) is 43.4 Å². The third kappa shape index (κ3) is 3.78. The van der Waals surface area contributed by atoms with Gasteiger partial charge < -0.3 is 15.5 Å². The first-order valence-electron chi connectivity index (χ1n) is 11.0. The summed E-state index contributed by atoms with van der Waals surface area (Å²) in [5.41, 5.74) is 5.51. The predicted octanol–water partition coefficient (Wildman–Crippen LogP) is 3.60. The minimum atomic E-state index is -4.58. The number of nitrogens with two attached hydrogens (primary N) is 1. The lowest BCUT2D eigenvalue weighted by Crippen LogP contribution is -2.42. The summed E-state index contributed by atoms with van der Waals surface area (Å²) in [6.07, 6.45) is 1.09. The standard InChI is InChI=1S/C22H26F3N7O/c1-13(2)18(20-27-4-5-28-20)31-6-3-21(12-31)17-10-16(30-32(17)7-8-33-21)14-9-15(22(23,24)25)19(26)29-11-14/h4-5,9-11,13,18H,3,6-8,12H2,1-2H3,(H2,26,29)(H,27,28). The van der Waals surface area contributed by atoms with Crippen molar-refractivity contribution in [2.75, 3.05) is 25.4 Å². The Bertz CT molecular complexity index is 1140. The molecule has 3 aromatic heterocycles. The van der Waals surface area contributed by atoms with Gasteiger partial charge in [-0.05, 0) is 24.5 Å². The zero-order chi connectivity index (χ0) is 23.4. The quantitative estimate of drug-likeness (QED) is 0.616. The van der Waals surface area contributed by atoms with E-state index in [0.29, 0.717) is 31.3 Å². The topological polar surface area (TPSA) is 97.9 Å². The average molecular weight is 461 g/mol. The van der Waals surface area contributed by atoms with Crippen molar-refractivity contribution in [3.8, 4) is 11.3 Å². The molecule has 0 radical (unpaired) electrons. The number of aromatic amines is 1. The SMILES string of the molecule is CC(C)C(c1ncc[nH]1)N1CCC2(C1)OCCn1nc(-c3cnc(N)c(C(F)(F)F)c3)cc12. The molecule has 0 aromatic carbocycles. The van der Waals surface area contributed by atoms with Gasteiger partial charge in [0.15, 0.2) is 0 Å². The van der Waals surface area contributed by atoms with Crippen LogP contribution < -0.4 is 5.73 Å². The zero-order valence-electron chi connectivity index (χ0n) is 18.4. The van der Waals surface area contributed by atoms with Gasteiger partial charge in [-0.1, -0.05) is 13.8 Å². The van der Waals surface area contributed by atoms with Crippen molar-refractivity contribution in [2.45, 2.75) is 44.6 Å². The Morgan fingerprint density at radius 1 is 1.21 bits per heavy atom. The largest absolute Gasteiger partial charge is 0.419 e. The van der Waals surface area contributed by atoms with Crippen LogP contribution in [0.15, 0.2) is 30.7 Å². The molecule has 5 heterocycles. The molecule has 176 valence electrons. The van der Waals surface area contributed by atoms with Crippen molar-refractivity contribution in [3.05, 3.63) is 47.8 Å². The lowest BCUT2D eigenvalue weighted by molar-refractivity contribution is -0.137. The number of H-pyrrole nitrogens is 1. The summed E-state index contributed by atoms with van der Waals surface area (Å²) >= 11 is 0. The predicted molar refractivity (Wildman–Crippen MR) is 115 cm³/mol. The van der Waals surface area contributed by atoms with Crippen molar-refractivity contribution >= 4 is 5.82 Å². The molecule has 2 aliphatic heterocycles. The highest BCUT2D eigenvalue weighted by atomic mass is 19.4. The number of nitrogen functional groups attached to an aromatic ring is 1. The highest BCUT2D eigenvalue weighted by molar-refractivity contribution is 5.63. The zero-order valence-corrected chi connectivity index (χ0v) is 18.4. The second kappa shape index (κ2) is 7.84. The van der Waals surface area contributed by atoms with E-state index in [1.54, 1.807) is 6.20 Å². The summed E-state index contributed by atoms with van der Waals surface area (Å²) in [6.45, 7) is 6.81. The fraction of sp³-hybridized carbons (Fsp3) is 0.500. The van der Waals surface area contributed by atoms with Crippen molar-refractivity contribution in [1.29, 1.82) is 0 Å². The molecule has 2 atom stereocenters. The number of alkyl halides is 3. The van der Waals surface area contributed by atoms with Crippen LogP contribution in [0, 0.1) is 5.92 Å². The van der Waals surface area contributed by atoms with Gasteiger partial charge in [0, 0.05) is 37.2 Å². The Morgan fingerprint density at radius 2 is 2.03 bits per heavy atom. The number of ether oxygens (including phenoxy) is 1. The molecule has 1 fully saturated rings. The highest BCUT2D eigenvalue weighted by Crippen LogP contribution is 2.44. The van der Waals surface area contributed by atoms with E-state index in [1.807, 2.05) is 16.9 Å². The fourth-order valence-corrected chi connectivity index (χ4v) is 5.06. The number of nitrogens with one attached hydrogen (secondary N) is 1. The highest BCUT2D eigenvalue weighted by Gasteiger charge is 2.48. The molecule has 1 spiro atoms. The smallest absolute Gasteiger partial charge is 0.383 e. The normalized spacial score (nSPS) is 22.2. The lowest BCUT2D eigenvalue weighted by Gasteiger charge is -2.36. The molecule has 0 amide bonds. The van der Waals surface area contributed by atoms with E-state index in [9.17, 15) is 13.2 Å². The number of imidazole rings is 1. The Balaban J connectivity index is 1.48. The number of hydrogen-bond donors (Lipinski definition) is 2. The van der Waals surface area contributed by atoms with Crippen molar-refractivity contribution < 1.29 is 17.9 Å². The van der Waals surface area contributed by atoms with Crippen LogP contribution >= 0.6 is 0 Å². The van der Waals surface area contributed by atoms with Crippen molar-refractivity contribution in [3.63, 3.8) is 0 Å². The summed E-state index contributed by atoms with van der Waals surface area (Å²) in [6, 6.07) is 2.95. The number of likely N-dealkylation sites (tertiary alicyclic amines) is 1. The molecule has 0 bridgehead atoms. The second-order valence-electron chi connectivity index (χ2n) is 9.02. The maximum absolute atomic E-state index is 13.3. The summed E-state index contributed by atoms with van der Waals surface area (Å²) in [4.78, 5) is 13.8. The van der Waals surface area contributed by atoms with Gasteiger partial charge in [0.2, 0.25) is 0 Å². The molecule has 0 aliphatic carbocycles. The molecule has 1 saturated heterocycles. The number of hydrogen-bond acceptors (Lipinski definition) is 6. The number of anilines is 1. The number of rotatable bonds is 4. The van der Waals surface area contributed by atoms with Gasteiger partial charge >= 0.3 is 6.18 Å². The number of nitrogens with zero attached hydrogens (tertiary/aromatic N) is 5. The van der Waals surface area contributed by atoms with Crippen LogP contribution in [0.5, 0.6) is 0 Å². The van der Waals surface area contributed by atoms with E-state index >= 15 is 0 Å². The molecule has 2 unspecified atom stereocenters. The van der Waals surface area contributed by atoms with E-state index in [-0.39, 0.29) is 11.6 Å². The molecule has 11 heteroatoms. The Morgan fingerprint density at radius 3 is 2.73 bits per heavy atom. The lowest BCUT2D eigenvalue weighted by atomic mass is 9.95. The van der Waals surface area contributed by atoms with Gasteiger partial charge in [0.1, 0.15) is 17.2 Å². The van der Waals surface area contributed by atoms with E-state index < -0.39 is 23.2 Å². The van der Waals surface area contributed by atoms with Gasteiger partial charge in [-0.15, -0.1) is 0 Å². The molecule has 2 aliphatic rings. The number of aromatic nitrogens is 5. The van der Waals surface area contributed by atoms with Crippen LogP contribution in [0.3, 0.4) is 0 Å². The van der Waals surface area contributed by atoms with Gasteiger partial charge in [-0.3, -0.25) is 9.58 Å². The molecular formula is C22H26F3N7O. The number of halogens is 3. The van der Waals surface area contributed by atoms with E-state index in [0.717, 1.165) is 30.6 Å². The van der Waals surface area contributed by atoms with Gasteiger partial charge in [-0.2, -0.15) is 18.3 Å². The van der Waals surface area contributed by atoms with Gasteiger partial charge in [0.05, 0.1) is 36.1 Å². The van der Waals surface area contributed by atoms with Crippen LogP contribution in [0.4, 0.5) is 19.0 Å². The third-order valence-electron chi connectivity index (χ3n) is 6.53. The van der Waals surface area contributed by atoms with Gasteiger partial charge in [0.25, 0.3) is 0 Å². The van der Waals surface area contributed by atoms with E-state index in [4.69, 9.17) is 10.5 Å². The van der Waals surface area contributed by atoms with E-state index in [2.05, 4.69) is 38.8 Å². The van der Waals surface area contributed by atoms with Crippen LogP contribution in [-0.4, -0.2) is 49.3 Å². The summed E-state index contributed by atoms with van der Waals surface area (Å²) in [5.74, 6) is 0.704. The Labute approximate surface area is 189 Å². The third-order valence-corrected chi connectivity index (χ3v) is 6.53. The number of fused-ring (bicyclic) bond motifs is 2. The van der Waals surface area contributed by atoms with Crippen LogP contribution in [-0.2, 0) is 23.1 Å². The monoisotopic (exact) mass is 461 g/mol. The van der Waals surface area contributed by atoms with Gasteiger partial charge in [-0.25, -0.2) is 9.97 Å². The molecule has 8 nitrogen and oxygen atoms in total. The van der Waals surface area contributed by atoms with Crippen molar-refractivity contribution in [2.24, 2.45) is 5.92 Å². The first-order valence-corrected chi connectivity index (χ1v) is 11.0. The first-order chi connectivity index (χ1) is 15.7. The Kier molecular flexibility index (Phi) is 5.20. The van der Waals surface area contributed by atoms with Crippen LogP contribution in [0.2, 0.25) is 0 Å². The fourth-order valence-electron chi connectivity index (χ4n) is 5.06. The van der Waals surface area contributed by atoms with Crippen molar-refractivity contribution in [1.82, 2.24) is 29.6 Å². The maximum Gasteiger partial charge on any atom is 0.419 e. The minimum absolute atomic E-state index is 0.108. The molecule has 0 saturated carbocycles.